The topological polar surface area (TPSA) is 66.0 Å². The molecule has 0 aliphatic rings. The SMILES string of the molecule is Cc1oc(NC(=O)c2ccccc2I)c(C#N)c1C. The van der Waals surface area contributed by atoms with Gasteiger partial charge in [-0.05, 0) is 48.6 Å². The second-order valence-corrected chi connectivity index (χ2v) is 5.20. The van der Waals surface area contributed by atoms with Gasteiger partial charge in [0.15, 0.2) is 0 Å². The number of halogens is 1. The first-order valence-corrected chi connectivity index (χ1v) is 6.68. The number of hydrogen-bond acceptors (Lipinski definition) is 3. The summed E-state index contributed by atoms with van der Waals surface area (Å²) in [6, 6.07) is 9.27. The number of nitriles is 1. The fraction of sp³-hybridized carbons (Fsp3) is 0.143. The van der Waals surface area contributed by atoms with Crippen molar-refractivity contribution in [2.75, 3.05) is 5.32 Å². The number of rotatable bonds is 2. The van der Waals surface area contributed by atoms with Gasteiger partial charge in [-0.3, -0.25) is 10.1 Å². The number of carbonyl (C=O) groups is 1. The minimum absolute atomic E-state index is 0.210. The molecule has 19 heavy (non-hydrogen) atoms. The molecule has 0 unspecified atom stereocenters. The van der Waals surface area contributed by atoms with Crippen molar-refractivity contribution < 1.29 is 9.21 Å². The Labute approximate surface area is 124 Å². The fourth-order valence-corrected chi connectivity index (χ4v) is 2.30. The summed E-state index contributed by atoms with van der Waals surface area (Å²) >= 11 is 2.09. The van der Waals surface area contributed by atoms with Crippen LogP contribution in [0.1, 0.15) is 27.2 Å². The Morgan fingerprint density at radius 2 is 2.05 bits per heavy atom. The van der Waals surface area contributed by atoms with Gasteiger partial charge in [0.2, 0.25) is 5.88 Å². The van der Waals surface area contributed by atoms with Gasteiger partial charge in [-0.25, -0.2) is 0 Å². The molecule has 5 heteroatoms. The zero-order chi connectivity index (χ0) is 14.0. The molecule has 96 valence electrons. The summed E-state index contributed by atoms with van der Waals surface area (Å²) < 4.78 is 6.26. The van der Waals surface area contributed by atoms with Crippen molar-refractivity contribution >= 4 is 34.4 Å². The monoisotopic (exact) mass is 366 g/mol. The van der Waals surface area contributed by atoms with Gasteiger partial charge in [0.05, 0.1) is 5.56 Å². The molecule has 1 N–H and O–H groups in total. The standard InChI is InChI=1S/C14H11IN2O2/c1-8-9(2)19-14(11(8)7-16)17-13(18)10-5-3-4-6-12(10)15/h3-6H,1-2H3,(H,17,18). The average Bonchev–Trinajstić information content (AvgIpc) is 2.64. The molecule has 0 fully saturated rings. The maximum absolute atomic E-state index is 12.1. The number of hydrogen-bond donors (Lipinski definition) is 1. The molecule has 0 saturated carbocycles. The Kier molecular flexibility index (Phi) is 3.90. The number of aryl methyl sites for hydroxylation is 1. The fourth-order valence-electron chi connectivity index (χ4n) is 1.67. The number of amides is 1. The molecule has 4 nitrogen and oxygen atoms in total. The summed E-state index contributed by atoms with van der Waals surface area (Å²) in [4.78, 5) is 12.1. The van der Waals surface area contributed by atoms with Crippen LogP contribution < -0.4 is 5.32 Å². The van der Waals surface area contributed by atoms with E-state index in [4.69, 9.17) is 9.68 Å². The lowest BCUT2D eigenvalue weighted by atomic mass is 10.2. The largest absolute Gasteiger partial charge is 0.444 e. The van der Waals surface area contributed by atoms with Gasteiger partial charge in [-0.1, -0.05) is 12.1 Å². The maximum atomic E-state index is 12.1. The van der Waals surface area contributed by atoms with Gasteiger partial charge in [0.1, 0.15) is 17.4 Å². The number of anilines is 1. The molecule has 0 radical (unpaired) electrons. The van der Waals surface area contributed by atoms with E-state index in [2.05, 4.69) is 27.9 Å². The van der Waals surface area contributed by atoms with E-state index in [0.29, 0.717) is 16.9 Å². The summed E-state index contributed by atoms with van der Waals surface area (Å²) in [6.45, 7) is 3.55. The predicted octanol–water partition coefficient (Wildman–Crippen LogP) is 3.63. The van der Waals surface area contributed by atoms with Crippen molar-refractivity contribution in [1.29, 1.82) is 5.26 Å². The van der Waals surface area contributed by atoms with E-state index in [1.165, 1.54) is 0 Å². The van der Waals surface area contributed by atoms with Crippen LogP contribution in [0.15, 0.2) is 28.7 Å². The Bertz CT molecular complexity index is 683. The Balaban J connectivity index is 2.33. The number of nitrogens with one attached hydrogen (secondary N) is 1. The molecule has 0 aliphatic heterocycles. The summed E-state index contributed by atoms with van der Waals surface area (Å²) in [5, 5.41) is 11.7. The summed E-state index contributed by atoms with van der Waals surface area (Å²) in [6.07, 6.45) is 0. The van der Waals surface area contributed by atoms with Crippen LogP contribution in [-0.4, -0.2) is 5.91 Å². The third-order valence-corrected chi connectivity index (χ3v) is 3.78. The van der Waals surface area contributed by atoms with Crippen molar-refractivity contribution in [3.05, 3.63) is 50.3 Å². The van der Waals surface area contributed by atoms with Gasteiger partial charge in [0.25, 0.3) is 5.91 Å². The molecule has 1 amide bonds. The van der Waals surface area contributed by atoms with Crippen LogP contribution >= 0.6 is 22.6 Å². The molecule has 2 rings (SSSR count). The van der Waals surface area contributed by atoms with E-state index < -0.39 is 0 Å². The van der Waals surface area contributed by atoms with Crippen LogP contribution in [-0.2, 0) is 0 Å². The molecule has 0 spiro atoms. The molecule has 0 aliphatic carbocycles. The Morgan fingerprint density at radius 3 is 2.68 bits per heavy atom. The van der Waals surface area contributed by atoms with Gasteiger partial charge in [-0.2, -0.15) is 5.26 Å². The van der Waals surface area contributed by atoms with Crippen LogP contribution in [0.5, 0.6) is 0 Å². The quantitative estimate of drug-likeness (QED) is 0.826. The highest BCUT2D eigenvalue weighted by Gasteiger charge is 2.18. The number of furan rings is 1. The van der Waals surface area contributed by atoms with Gasteiger partial charge in [-0.15, -0.1) is 0 Å². The number of nitrogens with zero attached hydrogens (tertiary/aromatic N) is 1. The predicted molar refractivity (Wildman–Crippen MR) is 80.0 cm³/mol. The normalized spacial score (nSPS) is 10.0. The summed E-state index contributed by atoms with van der Waals surface area (Å²) in [7, 11) is 0. The van der Waals surface area contributed by atoms with Crippen LogP contribution in [0.3, 0.4) is 0 Å². The minimum Gasteiger partial charge on any atom is -0.444 e. The van der Waals surface area contributed by atoms with Gasteiger partial charge >= 0.3 is 0 Å². The molecule has 0 saturated heterocycles. The lowest BCUT2D eigenvalue weighted by Crippen LogP contribution is -2.13. The first-order valence-electron chi connectivity index (χ1n) is 5.60. The van der Waals surface area contributed by atoms with Crippen LogP contribution in [0, 0.1) is 28.7 Å². The first kappa shape index (κ1) is 13.6. The second-order valence-electron chi connectivity index (χ2n) is 4.03. The molecule has 2 aromatic rings. The van der Waals surface area contributed by atoms with Gasteiger partial charge < -0.3 is 4.42 Å². The highest BCUT2D eigenvalue weighted by Crippen LogP contribution is 2.26. The van der Waals surface area contributed by atoms with Crippen molar-refractivity contribution in [1.82, 2.24) is 0 Å². The van der Waals surface area contributed by atoms with Crippen LogP contribution in [0.4, 0.5) is 5.88 Å². The van der Waals surface area contributed by atoms with E-state index in [1.807, 2.05) is 18.2 Å². The summed E-state index contributed by atoms with van der Waals surface area (Å²) in [5.41, 5.74) is 1.68. The van der Waals surface area contributed by atoms with Crippen molar-refractivity contribution in [2.45, 2.75) is 13.8 Å². The van der Waals surface area contributed by atoms with E-state index >= 15 is 0 Å². The number of benzene rings is 1. The molecule has 1 aromatic heterocycles. The Morgan fingerprint density at radius 1 is 1.37 bits per heavy atom. The third kappa shape index (κ3) is 2.63. The minimum atomic E-state index is -0.282. The van der Waals surface area contributed by atoms with Crippen molar-refractivity contribution in [3.63, 3.8) is 0 Å². The van der Waals surface area contributed by atoms with Gasteiger partial charge in [0, 0.05) is 9.13 Å². The average molecular weight is 366 g/mol. The van der Waals surface area contributed by atoms with Crippen LogP contribution in [0.2, 0.25) is 0 Å². The van der Waals surface area contributed by atoms with E-state index in [-0.39, 0.29) is 11.8 Å². The highest BCUT2D eigenvalue weighted by molar-refractivity contribution is 14.1. The molecular formula is C14H11IN2O2. The lowest BCUT2D eigenvalue weighted by Gasteiger charge is -2.04. The Hall–Kier alpha value is -1.81. The molecule has 1 heterocycles. The highest BCUT2D eigenvalue weighted by atomic mass is 127. The zero-order valence-electron chi connectivity index (χ0n) is 10.5. The third-order valence-electron chi connectivity index (χ3n) is 2.84. The number of carbonyl (C=O) groups excluding carboxylic acids is 1. The van der Waals surface area contributed by atoms with E-state index in [1.54, 1.807) is 26.0 Å². The zero-order valence-corrected chi connectivity index (χ0v) is 12.6. The first-order chi connectivity index (χ1) is 9.04. The van der Waals surface area contributed by atoms with E-state index in [0.717, 1.165) is 9.13 Å². The van der Waals surface area contributed by atoms with Crippen molar-refractivity contribution in [2.24, 2.45) is 0 Å². The maximum Gasteiger partial charge on any atom is 0.259 e. The second kappa shape index (κ2) is 5.45. The molecule has 0 bridgehead atoms. The molecular weight excluding hydrogens is 355 g/mol. The van der Waals surface area contributed by atoms with Crippen LogP contribution in [0.25, 0.3) is 0 Å². The molecule has 0 atom stereocenters. The smallest absolute Gasteiger partial charge is 0.259 e. The van der Waals surface area contributed by atoms with E-state index in [9.17, 15) is 4.79 Å². The molecule has 1 aromatic carbocycles. The lowest BCUT2D eigenvalue weighted by molar-refractivity contribution is 0.102. The summed E-state index contributed by atoms with van der Waals surface area (Å²) in [5.74, 6) is 0.562. The van der Waals surface area contributed by atoms with Crippen molar-refractivity contribution in [3.8, 4) is 6.07 Å².